The molecule has 0 atom stereocenters. The van der Waals surface area contributed by atoms with Gasteiger partial charge in [-0.15, -0.1) is 0 Å². The van der Waals surface area contributed by atoms with E-state index in [1.54, 1.807) is 24.4 Å². The van der Waals surface area contributed by atoms with Crippen molar-refractivity contribution >= 4 is 42.5 Å². The third-order valence-corrected chi connectivity index (χ3v) is 5.33. The van der Waals surface area contributed by atoms with Gasteiger partial charge in [-0.2, -0.15) is 8.42 Å². The molecular weight excluding hydrogens is 330 g/mol. The topological polar surface area (TPSA) is 118 Å². The molecule has 0 bridgehead atoms. The summed E-state index contributed by atoms with van der Waals surface area (Å²) < 4.78 is 42.3. The summed E-state index contributed by atoms with van der Waals surface area (Å²) in [5.74, 6) is -1.00. The van der Waals surface area contributed by atoms with Crippen molar-refractivity contribution in [3.8, 4) is 0 Å². The molecule has 8 nitrogen and oxygen atoms in total. The van der Waals surface area contributed by atoms with Crippen molar-refractivity contribution in [3.05, 3.63) is 30.5 Å². The van der Waals surface area contributed by atoms with Gasteiger partial charge in [-0.05, 0) is 18.2 Å². The molecule has 0 fully saturated rings. The number of hydrogen-bond donors (Lipinski definition) is 2. The largest absolute Gasteiger partial charge is 0.480 e. The van der Waals surface area contributed by atoms with E-state index in [2.05, 4.69) is 8.49 Å². The zero-order valence-electron chi connectivity index (χ0n) is 11.9. The Morgan fingerprint density at radius 3 is 2.55 bits per heavy atom. The van der Waals surface area contributed by atoms with Gasteiger partial charge < -0.3 is 9.67 Å². The number of carbonyl (C=O) groups is 1. The quantitative estimate of drug-likeness (QED) is 0.841. The van der Waals surface area contributed by atoms with Crippen LogP contribution >= 0.6 is 0 Å². The summed E-state index contributed by atoms with van der Waals surface area (Å²) in [6, 6.07) is 6.39. The Morgan fingerprint density at radius 2 is 1.95 bits per heavy atom. The number of carboxylic acids is 1. The Kier molecular flexibility index (Phi) is 4.16. The van der Waals surface area contributed by atoms with E-state index in [1.165, 1.54) is 23.1 Å². The van der Waals surface area contributed by atoms with Crippen molar-refractivity contribution in [3.63, 3.8) is 0 Å². The van der Waals surface area contributed by atoms with Crippen LogP contribution in [-0.2, 0) is 31.3 Å². The number of carboxylic acid groups (broad SMARTS) is 1. The molecule has 0 aliphatic rings. The summed E-state index contributed by atoms with van der Waals surface area (Å²) in [5.41, 5.74) is 0.811. The smallest absolute Gasteiger partial charge is 0.350 e. The van der Waals surface area contributed by atoms with Crippen molar-refractivity contribution in [1.29, 1.82) is 0 Å². The Balaban J connectivity index is 2.48. The highest BCUT2D eigenvalue weighted by atomic mass is 32.3. The highest BCUT2D eigenvalue weighted by Crippen LogP contribution is 2.25. The van der Waals surface area contributed by atoms with Crippen LogP contribution in [0.25, 0.3) is 10.9 Å². The van der Waals surface area contributed by atoms with Crippen LogP contribution in [0.4, 0.5) is 5.69 Å². The first-order chi connectivity index (χ1) is 10.1. The Hall–Kier alpha value is -2.07. The van der Waals surface area contributed by atoms with Crippen LogP contribution in [0.2, 0.25) is 0 Å². The van der Waals surface area contributed by atoms with Crippen molar-refractivity contribution in [1.82, 2.24) is 4.57 Å². The van der Waals surface area contributed by atoms with Crippen molar-refractivity contribution in [2.45, 2.75) is 6.54 Å². The fraction of sp³-hybridized carbons (Fsp3) is 0.250. The molecule has 120 valence electrons. The SMILES string of the molecule is CS(C)(=O)=NS(=O)(=O)Nc1cccc2c1ccn2CC(=O)O. The van der Waals surface area contributed by atoms with E-state index in [9.17, 15) is 17.4 Å². The summed E-state index contributed by atoms with van der Waals surface area (Å²) in [6.07, 6.45) is 3.99. The maximum Gasteiger partial charge on any atom is 0.350 e. The molecule has 0 saturated carbocycles. The van der Waals surface area contributed by atoms with E-state index in [1.807, 2.05) is 0 Å². The Labute approximate surface area is 128 Å². The molecule has 1 heterocycles. The molecule has 10 heteroatoms. The van der Waals surface area contributed by atoms with Crippen LogP contribution in [0.5, 0.6) is 0 Å². The van der Waals surface area contributed by atoms with Crippen LogP contribution in [0.15, 0.2) is 34.2 Å². The highest BCUT2D eigenvalue weighted by Gasteiger charge is 2.14. The van der Waals surface area contributed by atoms with Crippen LogP contribution in [0, 0.1) is 0 Å². The van der Waals surface area contributed by atoms with Crippen LogP contribution in [0.1, 0.15) is 0 Å². The number of anilines is 1. The summed E-state index contributed by atoms with van der Waals surface area (Å²) in [7, 11) is -6.95. The minimum absolute atomic E-state index is 0.234. The first-order valence-corrected chi connectivity index (χ1v) is 9.85. The predicted molar refractivity (Wildman–Crippen MR) is 84.5 cm³/mol. The van der Waals surface area contributed by atoms with E-state index < -0.39 is 25.9 Å². The summed E-state index contributed by atoms with van der Waals surface area (Å²) in [5, 5.41) is 9.38. The molecule has 2 aromatic rings. The number of hydrogen-bond acceptors (Lipinski definition) is 4. The van der Waals surface area contributed by atoms with Gasteiger partial charge >= 0.3 is 16.2 Å². The third-order valence-electron chi connectivity index (χ3n) is 2.64. The first kappa shape index (κ1) is 16.3. The zero-order valence-corrected chi connectivity index (χ0v) is 13.5. The molecule has 0 amide bonds. The van der Waals surface area contributed by atoms with Crippen LogP contribution in [0.3, 0.4) is 0 Å². The van der Waals surface area contributed by atoms with Crippen molar-refractivity contribution in [2.24, 2.45) is 3.77 Å². The molecule has 2 rings (SSSR count). The average Bonchev–Trinajstić information content (AvgIpc) is 2.69. The van der Waals surface area contributed by atoms with Gasteiger partial charge in [0.05, 0.1) is 20.9 Å². The van der Waals surface area contributed by atoms with E-state index in [-0.39, 0.29) is 12.2 Å². The van der Waals surface area contributed by atoms with Gasteiger partial charge in [0.15, 0.2) is 0 Å². The molecule has 2 N–H and O–H groups in total. The number of benzene rings is 1. The molecule has 0 radical (unpaired) electrons. The standard InChI is InChI=1S/C12H15N3O5S2/c1-21(2,18)14-22(19,20)13-10-4-3-5-11-9(10)6-7-15(11)8-12(16)17/h3-7,13H,8H2,1-2H3,(H,16,17). The van der Waals surface area contributed by atoms with E-state index >= 15 is 0 Å². The van der Waals surface area contributed by atoms with Gasteiger partial charge in [-0.25, -0.2) is 4.21 Å². The van der Waals surface area contributed by atoms with Crippen LogP contribution < -0.4 is 4.72 Å². The van der Waals surface area contributed by atoms with Gasteiger partial charge in [0, 0.05) is 24.1 Å². The predicted octanol–water partition coefficient (Wildman–Crippen LogP) is 1.11. The molecule has 0 spiro atoms. The minimum atomic E-state index is -4.12. The lowest BCUT2D eigenvalue weighted by Crippen LogP contribution is -2.12. The number of nitrogens with one attached hydrogen (secondary N) is 1. The molecule has 0 saturated heterocycles. The Bertz CT molecular complexity index is 944. The fourth-order valence-corrected chi connectivity index (χ4v) is 4.49. The average molecular weight is 345 g/mol. The van der Waals surface area contributed by atoms with Crippen molar-refractivity contribution < 1.29 is 22.5 Å². The molecule has 22 heavy (non-hydrogen) atoms. The second-order valence-corrected chi connectivity index (χ2v) is 9.02. The first-order valence-electron chi connectivity index (χ1n) is 6.08. The number of fused-ring (bicyclic) bond motifs is 1. The molecule has 0 unspecified atom stereocenters. The summed E-state index contributed by atoms with van der Waals surface area (Å²) >= 11 is 0. The second-order valence-electron chi connectivity index (χ2n) is 4.91. The fourth-order valence-electron chi connectivity index (χ4n) is 1.99. The number of rotatable bonds is 5. The third kappa shape index (κ3) is 3.98. The zero-order chi connectivity index (χ0) is 16.5. The maximum atomic E-state index is 11.9. The summed E-state index contributed by atoms with van der Waals surface area (Å²) in [6.45, 7) is -0.234. The monoisotopic (exact) mass is 345 g/mol. The number of aliphatic carboxylic acids is 1. The molecule has 1 aromatic heterocycles. The van der Waals surface area contributed by atoms with E-state index in [0.29, 0.717) is 10.9 Å². The molecule has 0 aliphatic heterocycles. The lowest BCUT2D eigenvalue weighted by molar-refractivity contribution is -0.137. The lowest BCUT2D eigenvalue weighted by atomic mass is 10.2. The van der Waals surface area contributed by atoms with Gasteiger partial charge in [-0.1, -0.05) is 9.83 Å². The van der Waals surface area contributed by atoms with Gasteiger partial charge in [0.2, 0.25) is 0 Å². The van der Waals surface area contributed by atoms with Crippen molar-refractivity contribution in [2.75, 3.05) is 17.2 Å². The lowest BCUT2D eigenvalue weighted by Gasteiger charge is -2.07. The van der Waals surface area contributed by atoms with Gasteiger partial charge in [0.1, 0.15) is 6.54 Å². The molecular formula is C12H15N3O5S2. The summed E-state index contributed by atoms with van der Waals surface area (Å²) in [4.78, 5) is 10.8. The number of nitrogens with zero attached hydrogens (tertiary/aromatic N) is 2. The van der Waals surface area contributed by atoms with Gasteiger partial charge in [0.25, 0.3) is 0 Å². The van der Waals surface area contributed by atoms with Gasteiger partial charge in [-0.3, -0.25) is 9.52 Å². The maximum absolute atomic E-state index is 11.9. The normalized spacial score (nSPS) is 12.3. The highest BCUT2D eigenvalue weighted by molar-refractivity contribution is 8.03. The molecule has 1 aromatic carbocycles. The van der Waals surface area contributed by atoms with Crippen LogP contribution in [-0.4, -0.2) is 40.8 Å². The minimum Gasteiger partial charge on any atom is -0.480 e. The van der Waals surface area contributed by atoms with E-state index in [0.717, 1.165) is 0 Å². The Morgan fingerprint density at radius 1 is 1.27 bits per heavy atom. The molecule has 0 aliphatic carbocycles. The van der Waals surface area contributed by atoms with E-state index in [4.69, 9.17) is 5.11 Å². The number of aromatic nitrogens is 1. The second kappa shape index (κ2) is 5.61.